The molecule has 0 aliphatic rings. The van der Waals surface area contributed by atoms with Crippen molar-refractivity contribution in [3.63, 3.8) is 0 Å². The smallest absolute Gasteiger partial charge is 0.408 e. The van der Waals surface area contributed by atoms with Crippen LogP contribution in [-0.2, 0) is 0 Å². The molecule has 0 radical (unpaired) electrons. The Bertz CT molecular complexity index is 901. The molecule has 0 saturated heterocycles. The molecule has 0 bridgehead atoms. The van der Waals surface area contributed by atoms with Crippen molar-refractivity contribution in [3.8, 4) is 0 Å². The Morgan fingerprint density at radius 3 is 2.90 bits per heavy atom. The van der Waals surface area contributed by atoms with Gasteiger partial charge in [0.05, 0.1) is 16.1 Å². The van der Waals surface area contributed by atoms with E-state index in [1.807, 2.05) is 0 Å². The van der Waals surface area contributed by atoms with Crippen LogP contribution in [0.3, 0.4) is 0 Å². The van der Waals surface area contributed by atoms with Gasteiger partial charge in [0, 0.05) is 10.2 Å². The zero-order chi connectivity index (χ0) is 15.0. The molecule has 0 saturated carbocycles. The van der Waals surface area contributed by atoms with Gasteiger partial charge in [0.2, 0.25) is 0 Å². The first kappa shape index (κ1) is 13.9. The summed E-state index contributed by atoms with van der Waals surface area (Å²) in [6.07, 6.45) is 0. The highest BCUT2D eigenvalue weighted by molar-refractivity contribution is 9.10. The number of aromatic amines is 1. The summed E-state index contributed by atoms with van der Waals surface area (Å²) in [5, 5.41) is 3.06. The number of carbonyl (C=O) groups is 1. The molecule has 5 nitrogen and oxygen atoms in total. The Hall–Kier alpha value is -2.05. The number of amides is 1. The number of hydrogen-bond acceptors (Lipinski definition) is 3. The van der Waals surface area contributed by atoms with Crippen molar-refractivity contribution in [1.29, 1.82) is 0 Å². The molecule has 0 fully saturated rings. The summed E-state index contributed by atoms with van der Waals surface area (Å²) >= 11 is 9.35. The molecule has 21 heavy (non-hydrogen) atoms. The molecule has 0 spiro atoms. The summed E-state index contributed by atoms with van der Waals surface area (Å²) in [7, 11) is 0. The maximum atomic E-state index is 12.2. The van der Waals surface area contributed by atoms with Crippen molar-refractivity contribution in [1.82, 2.24) is 4.98 Å². The predicted molar refractivity (Wildman–Crippen MR) is 83.9 cm³/mol. The highest BCUT2D eigenvalue weighted by Crippen LogP contribution is 2.27. The van der Waals surface area contributed by atoms with Gasteiger partial charge in [-0.05, 0) is 46.3 Å². The van der Waals surface area contributed by atoms with Crippen molar-refractivity contribution in [2.45, 2.75) is 0 Å². The lowest BCUT2D eigenvalue weighted by Crippen LogP contribution is -2.12. The Kier molecular flexibility index (Phi) is 3.57. The van der Waals surface area contributed by atoms with Gasteiger partial charge >= 0.3 is 5.76 Å². The second-order valence-corrected chi connectivity index (χ2v) is 5.51. The molecule has 7 heteroatoms. The van der Waals surface area contributed by atoms with Crippen LogP contribution < -0.4 is 11.1 Å². The molecule has 2 N–H and O–H groups in total. The number of nitrogens with one attached hydrogen (secondary N) is 2. The minimum absolute atomic E-state index is 0.341. The van der Waals surface area contributed by atoms with E-state index in [0.29, 0.717) is 31.8 Å². The van der Waals surface area contributed by atoms with E-state index >= 15 is 0 Å². The van der Waals surface area contributed by atoms with E-state index in [-0.39, 0.29) is 5.91 Å². The molecule has 3 rings (SSSR count). The largest absolute Gasteiger partial charge is 0.417 e. The molecule has 1 amide bonds. The molecule has 0 aliphatic carbocycles. The van der Waals surface area contributed by atoms with Gasteiger partial charge in [-0.2, -0.15) is 0 Å². The lowest BCUT2D eigenvalue weighted by molar-refractivity contribution is 0.102. The second-order valence-electron chi connectivity index (χ2n) is 4.28. The first-order valence-corrected chi connectivity index (χ1v) is 7.10. The molecule has 0 aliphatic heterocycles. The van der Waals surface area contributed by atoms with Gasteiger partial charge in [-0.3, -0.25) is 9.78 Å². The molecule has 0 unspecified atom stereocenters. The molecule has 1 aromatic heterocycles. The van der Waals surface area contributed by atoms with E-state index in [4.69, 9.17) is 16.0 Å². The van der Waals surface area contributed by atoms with Crippen molar-refractivity contribution in [2.75, 3.05) is 5.32 Å². The van der Waals surface area contributed by atoms with E-state index in [1.165, 1.54) is 0 Å². The van der Waals surface area contributed by atoms with Crippen LogP contribution in [0.1, 0.15) is 10.4 Å². The van der Waals surface area contributed by atoms with Crippen molar-refractivity contribution >= 4 is 50.2 Å². The number of oxazole rings is 1. The molecule has 106 valence electrons. The number of halogens is 2. The zero-order valence-corrected chi connectivity index (χ0v) is 12.8. The number of fused-ring (bicyclic) bond motifs is 1. The van der Waals surface area contributed by atoms with Gasteiger partial charge in [0.15, 0.2) is 5.58 Å². The molecular weight excluding hydrogens is 360 g/mol. The lowest BCUT2D eigenvalue weighted by atomic mass is 10.2. The first-order valence-electron chi connectivity index (χ1n) is 5.93. The number of benzene rings is 2. The van der Waals surface area contributed by atoms with Gasteiger partial charge in [0.1, 0.15) is 0 Å². The summed E-state index contributed by atoms with van der Waals surface area (Å²) in [4.78, 5) is 25.8. The highest BCUT2D eigenvalue weighted by atomic mass is 79.9. The van der Waals surface area contributed by atoms with Crippen LogP contribution in [0.25, 0.3) is 11.1 Å². The number of H-pyrrole nitrogens is 1. The number of aromatic nitrogens is 1. The third-order valence-corrected chi connectivity index (χ3v) is 4.17. The van der Waals surface area contributed by atoms with Crippen molar-refractivity contribution < 1.29 is 9.21 Å². The fraction of sp³-hybridized carbons (Fsp3) is 0. The number of rotatable bonds is 2. The SMILES string of the molecule is O=C(Nc1ccc2oc(=O)[nH]c2c1)c1cccc(Br)c1Cl. The second kappa shape index (κ2) is 5.38. The van der Waals surface area contributed by atoms with E-state index in [2.05, 4.69) is 26.2 Å². The number of anilines is 1. The van der Waals surface area contributed by atoms with Gasteiger partial charge in [-0.1, -0.05) is 17.7 Å². The molecule has 3 aromatic rings. The topological polar surface area (TPSA) is 75.1 Å². The zero-order valence-electron chi connectivity index (χ0n) is 10.4. The summed E-state index contributed by atoms with van der Waals surface area (Å²) in [5.41, 5.74) is 1.82. The van der Waals surface area contributed by atoms with Crippen molar-refractivity contribution in [2.24, 2.45) is 0 Å². The third kappa shape index (κ3) is 2.72. The van der Waals surface area contributed by atoms with E-state index in [9.17, 15) is 9.59 Å². The summed E-state index contributed by atoms with van der Waals surface area (Å²) < 4.78 is 5.54. The van der Waals surface area contributed by atoms with Gasteiger partial charge in [-0.25, -0.2) is 4.79 Å². The third-order valence-electron chi connectivity index (χ3n) is 2.87. The highest BCUT2D eigenvalue weighted by Gasteiger charge is 2.13. The van der Waals surface area contributed by atoms with Crippen LogP contribution in [0, 0.1) is 0 Å². The summed E-state index contributed by atoms with van der Waals surface area (Å²) in [6, 6.07) is 9.96. The molecule has 1 heterocycles. The Morgan fingerprint density at radius 1 is 1.29 bits per heavy atom. The monoisotopic (exact) mass is 366 g/mol. The summed E-state index contributed by atoms with van der Waals surface area (Å²) in [6.45, 7) is 0. The molecular formula is C14H8BrClN2O3. The maximum absolute atomic E-state index is 12.2. The van der Waals surface area contributed by atoms with Crippen LogP contribution in [0.2, 0.25) is 5.02 Å². The van der Waals surface area contributed by atoms with E-state index in [0.717, 1.165) is 0 Å². The minimum Gasteiger partial charge on any atom is -0.408 e. The minimum atomic E-state index is -0.538. The van der Waals surface area contributed by atoms with E-state index < -0.39 is 5.76 Å². The molecule has 0 atom stereocenters. The number of hydrogen-bond donors (Lipinski definition) is 2. The quantitative estimate of drug-likeness (QED) is 0.723. The summed E-state index contributed by atoms with van der Waals surface area (Å²) in [5.74, 6) is -0.880. The fourth-order valence-corrected chi connectivity index (χ4v) is 2.49. The predicted octanol–water partition coefficient (Wildman–Crippen LogP) is 3.79. The van der Waals surface area contributed by atoms with Gasteiger partial charge in [-0.15, -0.1) is 0 Å². The van der Waals surface area contributed by atoms with Crippen molar-refractivity contribution in [3.05, 3.63) is 62.0 Å². The normalized spacial score (nSPS) is 10.8. The lowest BCUT2D eigenvalue weighted by Gasteiger charge is -2.07. The van der Waals surface area contributed by atoms with Gasteiger partial charge < -0.3 is 9.73 Å². The average molecular weight is 368 g/mol. The van der Waals surface area contributed by atoms with Crippen LogP contribution in [-0.4, -0.2) is 10.9 Å². The standard InChI is InChI=1S/C14H8BrClN2O3/c15-9-3-1-2-8(12(9)16)13(19)17-7-4-5-11-10(6-7)18-14(20)21-11/h1-6H,(H,17,19)(H,18,20). The Morgan fingerprint density at radius 2 is 2.10 bits per heavy atom. The Balaban J connectivity index is 1.92. The first-order chi connectivity index (χ1) is 10.0. The average Bonchev–Trinajstić information content (AvgIpc) is 2.81. The van der Waals surface area contributed by atoms with Crippen LogP contribution in [0.15, 0.2) is 50.1 Å². The van der Waals surface area contributed by atoms with Crippen LogP contribution >= 0.6 is 27.5 Å². The van der Waals surface area contributed by atoms with Crippen LogP contribution in [0.5, 0.6) is 0 Å². The maximum Gasteiger partial charge on any atom is 0.417 e. The molecule has 2 aromatic carbocycles. The van der Waals surface area contributed by atoms with Gasteiger partial charge in [0.25, 0.3) is 5.91 Å². The number of carbonyl (C=O) groups excluding carboxylic acids is 1. The van der Waals surface area contributed by atoms with E-state index in [1.54, 1.807) is 36.4 Å². The Labute approximate surface area is 132 Å². The fourth-order valence-electron chi connectivity index (χ4n) is 1.91. The van der Waals surface area contributed by atoms with Crippen LogP contribution in [0.4, 0.5) is 5.69 Å².